The summed E-state index contributed by atoms with van der Waals surface area (Å²) < 4.78 is 6.83. The molecule has 0 aliphatic carbocycles. The van der Waals surface area contributed by atoms with Gasteiger partial charge in [-0.1, -0.05) is 39.5 Å². The van der Waals surface area contributed by atoms with Gasteiger partial charge in [0.1, 0.15) is 13.1 Å². The molecule has 0 unspecified atom stereocenters. The van der Waals surface area contributed by atoms with Crippen molar-refractivity contribution in [1.82, 2.24) is 0 Å². The van der Waals surface area contributed by atoms with Gasteiger partial charge in [0.05, 0.1) is 13.1 Å². The molecule has 1 aliphatic heterocycles. The fraction of sp³-hybridized carbons (Fsp3) is 1.00. The molecule has 0 N–H and O–H groups in total. The molecular weight excluding hydrogens is 222 g/mol. The fourth-order valence-corrected chi connectivity index (χ4v) is 3.18. The molecule has 0 bridgehead atoms. The molecule has 2 heteroatoms. The number of hydrogen-bond donors (Lipinski definition) is 0. The average molecular weight is 256 g/mol. The van der Waals surface area contributed by atoms with Crippen LogP contribution >= 0.6 is 0 Å². The van der Waals surface area contributed by atoms with E-state index in [2.05, 4.69) is 13.8 Å². The molecule has 0 aromatic rings. The largest absolute Gasteiger partial charge is 0.370 e. The highest BCUT2D eigenvalue weighted by molar-refractivity contribution is 4.69. The number of hydrogen-bond acceptors (Lipinski definition) is 1. The van der Waals surface area contributed by atoms with E-state index in [1.165, 1.54) is 82.0 Å². The minimum atomic E-state index is 0.544. The second-order valence-corrected chi connectivity index (χ2v) is 6.13. The van der Waals surface area contributed by atoms with E-state index in [1.54, 1.807) is 0 Å². The first kappa shape index (κ1) is 16.0. The summed E-state index contributed by atoms with van der Waals surface area (Å²) in [5.74, 6) is 0. The first-order valence-electron chi connectivity index (χ1n) is 8.14. The second kappa shape index (κ2) is 8.92. The Morgan fingerprint density at radius 1 is 0.833 bits per heavy atom. The molecule has 108 valence electrons. The van der Waals surface area contributed by atoms with Crippen LogP contribution in [0.3, 0.4) is 0 Å². The van der Waals surface area contributed by atoms with Gasteiger partial charge in [0, 0.05) is 7.11 Å². The Morgan fingerprint density at radius 3 is 1.72 bits per heavy atom. The third kappa shape index (κ3) is 5.27. The molecule has 0 aromatic carbocycles. The first-order chi connectivity index (χ1) is 8.76. The van der Waals surface area contributed by atoms with Gasteiger partial charge in [-0.15, -0.1) is 0 Å². The third-order valence-corrected chi connectivity index (χ3v) is 4.49. The molecule has 1 aliphatic rings. The van der Waals surface area contributed by atoms with Gasteiger partial charge in [0.2, 0.25) is 0 Å². The van der Waals surface area contributed by atoms with E-state index in [0.717, 1.165) is 0 Å². The molecule has 2 nitrogen and oxygen atoms in total. The molecule has 0 aromatic heterocycles. The van der Waals surface area contributed by atoms with E-state index in [-0.39, 0.29) is 0 Å². The first-order valence-corrected chi connectivity index (χ1v) is 8.14. The summed E-state index contributed by atoms with van der Waals surface area (Å²) in [5.41, 5.74) is 0. The van der Waals surface area contributed by atoms with Crippen LogP contribution in [0.5, 0.6) is 0 Å². The summed E-state index contributed by atoms with van der Waals surface area (Å²) in [6.45, 7) is 9.92. The maximum atomic E-state index is 5.48. The fourth-order valence-electron chi connectivity index (χ4n) is 3.18. The lowest BCUT2D eigenvalue weighted by molar-refractivity contribution is -0.972. The number of quaternary nitrogens is 1. The van der Waals surface area contributed by atoms with Crippen molar-refractivity contribution in [2.45, 2.75) is 71.3 Å². The van der Waals surface area contributed by atoms with Gasteiger partial charge in [-0.05, 0) is 25.7 Å². The Balaban J connectivity index is 2.21. The van der Waals surface area contributed by atoms with E-state index in [0.29, 0.717) is 6.10 Å². The van der Waals surface area contributed by atoms with Crippen molar-refractivity contribution >= 4 is 0 Å². The van der Waals surface area contributed by atoms with Crippen LogP contribution in [0.1, 0.15) is 65.2 Å². The van der Waals surface area contributed by atoms with Crippen LogP contribution in [-0.2, 0) is 4.74 Å². The Kier molecular flexibility index (Phi) is 7.92. The Hall–Kier alpha value is -0.0800. The quantitative estimate of drug-likeness (QED) is 0.401. The molecule has 0 amide bonds. The zero-order chi connectivity index (χ0) is 13.3. The Morgan fingerprint density at radius 2 is 1.33 bits per heavy atom. The van der Waals surface area contributed by atoms with Crippen LogP contribution in [0.25, 0.3) is 0 Å². The van der Waals surface area contributed by atoms with E-state index in [1.807, 2.05) is 7.11 Å². The van der Waals surface area contributed by atoms with Crippen LogP contribution in [0, 0.1) is 0 Å². The van der Waals surface area contributed by atoms with Gasteiger partial charge < -0.3 is 9.22 Å². The number of ether oxygens (including phenoxy) is 1. The number of likely N-dealkylation sites (tertiary alicyclic amines) is 1. The van der Waals surface area contributed by atoms with Crippen LogP contribution in [0.4, 0.5) is 0 Å². The van der Waals surface area contributed by atoms with Gasteiger partial charge in [-0.3, -0.25) is 0 Å². The standard InChI is InChI=1S/C16H34NO/c1-4-6-8-10-12-17(13-11-9-7-5-2)14-16(15-17)18-3/h16H,4-15H2,1-3H3/q+1. The summed E-state index contributed by atoms with van der Waals surface area (Å²) in [7, 11) is 1.87. The normalized spacial score (nSPS) is 18.8. The summed E-state index contributed by atoms with van der Waals surface area (Å²) in [4.78, 5) is 0. The predicted octanol–water partition coefficient (Wildman–Crippen LogP) is 3.99. The molecule has 0 atom stereocenters. The van der Waals surface area contributed by atoms with Crippen LogP contribution < -0.4 is 0 Å². The minimum absolute atomic E-state index is 0.544. The zero-order valence-corrected chi connectivity index (χ0v) is 12.9. The summed E-state index contributed by atoms with van der Waals surface area (Å²) >= 11 is 0. The van der Waals surface area contributed by atoms with Crippen molar-refractivity contribution in [2.24, 2.45) is 0 Å². The van der Waals surface area contributed by atoms with Crippen molar-refractivity contribution in [3.63, 3.8) is 0 Å². The molecule has 1 rings (SSSR count). The molecule has 1 saturated heterocycles. The maximum absolute atomic E-state index is 5.48. The molecule has 0 radical (unpaired) electrons. The van der Waals surface area contributed by atoms with Gasteiger partial charge in [0.25, 0.3) is 0 Å². The van der Waals surface area contributed by atoms with Gasteiger partial charge in [-0.2, -0.15) is 0 Å². The van der Waals surface area contributed by atoms with Crippen molar-refractivity contribution in [3.8, 4) is 0 Å². The summed E-state index contributed by atoms with van der Waals surface area (Å²) in [6, 6.07) is 0. The number of rotatable bonds is 11. The van der Waals surface area contributed by atoms with Crippen LogP contribution in [0.15, 0.2) is 0 Å². The van der Waals surface area contributed by atoms with Crippen LogP contribution in [0.2, 0.25) is 0 Å². The van der Waals surface area contributed by atoms with E-state index < -0.39 is 0 Å². The highest BCUT2D eigenvalue weighted by Crippen LogP contribution is 2.25. The molecule has 18 heavy (non-hydrogen) atoms. The monoisotopic (exact) mass is 256 g/mol. The molecule has 1 fully saturated rings. The Labute approximate surface area is 114 Å². The van der Waals surface area contributed by atoms with Crippen molar-refractivity contribution in [1.29, 1.82) is 0 Å². The van der Waals surface area contributed by atoms with E-state index in [4.69, 9.17) is 4.74 Å². The number of nitrogens with zero attached hydrogens (tertiary/aromatic N) is 1. The van der Waals surface area contributed by atoms with Gasteiger partial charge in [-0.25, -0.2) is 0 Å². The van der Waals surface area contributed by atoms with E-state index in [9.17, 15) is 0 Å². The minimum Gasteiger partial charge on any atom is -0.370 e. The second-order valence-electron chi connectivity index (χ2n) is 6.13. The lowest BCUT2D eigenvalue weighted by Crippen LogP contribution is -2.67. The van der Waals surface area contributed by atoms with Crippen molar-refractivity contribution in [3.05, 3.63) is 0 Å². The topological polar surface area (TPSA) is 9.23 Å². The Bertz CT molecular complexity index is 185. The highest BCUT2D eigenvalue weighted by Gasteiger charge is 2.42. The number of methoxy groups -OCH3 is 1. The zero-order valence-electron chi connectivity index (χ0n) is 12.9. The average Bonchev–Trinajstić information content (AvgIpc) is 2.34. The smallest absolute Gasteiger partial charge is 0.154 e. The SMILES string of the molecule is CCCCCC[N+]1(CCCCCC)CC(OC)C1. The predicted molar refractivity (Wildman–Crippen MR) is 78.8 cm³/mol. The maximum Gasteiger partial charge on any atom is 0.154 e. The summed E-state index contributed by atoms with van der Waals surface area (Å²) in [5, 5.41) is 0. The van der Waals surface area contributed by atoms with Gasteiger partial charge in [0.15, 0.2) is 6.10 Å². The molecule has 0 spiro atoms. The highest BCUT2D eigenvalue weighted by atomic mass is 16.5. The lowest BCUT2D eigenvalue weighted by atomic mass is 10.0. The number of unbranched alkanes of at least 4 members (excludes halogenated alkanes) is 6. The molecule has 1 heterocycles. The van der Waals surface area contributed by atoms with E-state index >= 15 is 0 Å². The molecular formula is C16H34NO+. The van der Waals surface area contributed by atoms with Gasteiger partial charge >= 0.3 is 0 Å². The molecule has 0 saturated carbocycles. The lowest BCUT2D eigenvalue weighted by Gasteiger charge is -2.50. The van der Waals surface area contributed by atoms with Crippen LogP contribution in [-0.4, -0.2) is 43.9 Å². The van der Waals surface area contributed by atoms with Crippen molar-refractivity contribution in [2.75, 3.05) is 33.3 Å². The third-order valence-electron chi connectivity index (χ3n) is 4.49. The van der Waals surface area contributed by atoms with Crippen molar-refractivity contribution < 1.29 is 9.22 Å². The summed E-state index contributed by atoms with van der Waals surface area (Å²) in [6.07, 6.45) is 11.7.